The van der Waals surface area contributed by atoms with E-state index in [1.807, 2.05) is 26.8 Å². The number of rotatable bonds is 7. The molecular weight excluding hydrogens is 270 g/mol. The molecule has 6 nitrogen and oxygen atoms in total. The van der Waals surface area contributed by atoms with E-state index in [1.54, 1.807) is 12.3 Å². The summed E-state index contributed by atoms with van der Waals surface area (Å²) in [7, 11) is 0. The minimum Gasteiger partial charge on any atom is -0.481 e. The van der Waals surface area contributed by atoms with Crippen LogP contribution >= 0.6 is 0 Å². The number of carbonyl (C=O) groups excluding carboxylic acids is 1. The first-order valence-electron chi connectivity index (χ1n) is 7.06. The SMILES string of the molecule is Cc1ccc(NC(=O)NC[C@H](CC(=O)O)CC(C)C)cn1. The van der Waals surface area contributed by atoms with Crippen molar-refractivity contribution in [3.05, 3.63) is 24.0 Å². The van der Waals surface area contributed by atoms with Crippen LogP contribution in [0.3, 0.4) is 0 Å². The Labute approximate surface area is 125 Å². The second-order valence-corrected chi connectivity index (χ2v) is 5.62. The fourth-order valence-corrected chi connectivity index (χ4v) is 2.11. The van der Waals surface area contributed by atoms with Crippen LogP contribution in [0.1, 0.15) is 32.4 Å². The van der Waals surface area contributed by atoms with E-state index < -0.39 is 5.97 Å². The number of carboxylic acid groups (broad SMARTS) is 1. The normalized spacial score (nSPS) is 12.0. The lowest BCUT2D eigenvalue weighted by Gasteiger charge is -2.18. The molecule has 1 aromatic rings. The Balaban J connectivity index is 2.44. The van der Waals surface area contributed by atoms with E-state index in [4.69, 9.17) is 5.11 Å². The number of aromatic nitrogens is 1. The summed E-state index contributed by atoms with van der Waals surface area (Å²) < 4.78 is 0. The number of hydrogen-bond acceptors (Lipinski definition) is 3. The predicted octanol–water partition coefficient (Wildman–Crippen LogP) is 2.65. The molecule has 21 heavy (non-hydrogen) atoms. The van der Waals surface area contributed by atoms with Crippen molar-refractivity contribution in [2.24, 2.45) is 11.8 Å². The average molecular weight is 293 g/mol. The molecule has 0 spiro atoms. The van der Waals surface area contributed by atoms with Crippen molar-refractivity contribution in [1.82, 2.24) is 10.3 Å². The van der Waals surface area contributed by atoms with Crippen LogP contribution in [0.15, 0.2) is 18.3 Å². The summed E-state index contributed by atoms with van der Waals surface area (Å²) in [4.78, 5) is 26.7. The van der Waals surface area contributed by atoms with E-state index in [9.17, 15) is 9.59 Å². The average Bonchev–Trinajstić information content (AvgIpc) is 2.37. The summed E-state index contributed by atoms with van der Waals surface area (Å²) in [5.41, 5.74) is 1.48. The molecular formula is C15H23N3O3. The summed E-state index contributed by atoms with van der Waals surface area (Å²) in [5, 5.41) is 14.3. The van der Waals surface area contributed by atoms with Crippen molar-refractivity contribution in [2.45, 2.75) is 33.6 Å². The third-order valence-electron chi connectivity index (χ3n) is 2.99. The number of aryl methyl sites for hydroxylation is 1. The van der Waals surface area contributed by atoms with E-state index in [0.717, 1.165) is 12.1 Å². The maximum absolute atomic E-state index is 11.8. The molecule has 3 N–H and O–H groups in total. The molecule has 6 heteroatoms. The van der Waals surface area contributed by atoms with E-state index in [0.29, 0.717) is 18.2 Å². The van der Waals surface area contributed by atoms with Gasteiger partial charge < -0.3 is 15.7 Å². The van der Waals surface area contributed by atoms with Gasteiger partial charge in [0.15, 0.2) is 0 Å². The predicted molar refractivity (Wildman–Crippen MR) is 81.2 cm³/mol. The first kappa shape index (κ1) is 16.9. The van der Waals surface area contributed by atoms with Gasteiger partial charge in [-0.15, -0.1) is 0 Å². The van der Waals surface area contributed by atoms with E-state index in [2.05, 4.69) is 15.6 Å². The van der Waals surface area contributed by atoms with Crippen molar-refractivity contribution in [3.63, 3.8) is 0 Å². The first-order valence-corrected chi connectivity index (χ1v) is 7.06. The molecule has 0 fully saturated rings. The van der Waals surface area contributed by atoms with Gasteiger partial charge in [-0.3, -0.25) is 9.78 Å². The van der Waals surface area contributed by atoms with Crippen LogP contribution in [0.5, 0.6) is 0 Å². The molecule has 0 aliphatic carbocycles. The highest BCUT2D eigenvalue weighted by atomic mass is 16.4. The first-order chi connectivity index (χ1) is 9.86. The molecule has 0 radical (unpaired) electrons. The molecule has 0 aliphatic heterocycles. The Bertz CT molecular complexity index is 472. The van der Waals surface area contributed by atoms with E-state index in [1.165, 1.54) is 0 Å². The van der Waals surface area contributed by atoms with Gasteiger partial charge in [0.1, 0.15) is 0 Å². The number of nitrogens with zero attached hydrogens (tertiary/aromatic N) is 1. The Morgan fingerprint density at radius 1 is 1.33 bits per heavy atom. The third kappa shape index (κ3) is 7.29. The molecule has 2 amide bonds. The van der Waals surface area contributed by atoms with Gasteiger partial charge in [0.25, 0.3) is 0 Å². The molecule has 0 aliphatic rings. The standard InChI is InChI=1S/C15H23N3O3/c1-10(2)6-12(7-14(19)20)8-17-15(21)18-13-5-4-11(3)16-9-13/h4-5,9-10,12H,6-8H2,1-3H3,(H,19,20)(H2,17,18,21)/t12-/m0/s1. The summed E-state index contributed by atoms with van der Waals surface area (Å²) >= 11 is 0. The van der Waals surface area contributed by atoms with Gasteiger partial charge in [-0.1, -0.05) is 13.8 Å². The molecule has 0 bridgehead atoms. The zero-order valence-corrected chi connectivity index (χ0v) is 12.7. The van der Waals surface area contributed by atoms with Crippen molar-refractivity contribution < 1.29 is 14.7 Å². The quantitative estimate of drug-likeness (QED) is 0.720. The smallest absolute Gasteiger partial charge is 0.319 e. The number of urea groups is 1. The lowest BCUT2D eigenvalue weighted by atomic mass is 9.94. The summed E-state index contributed by atoms with van der Waals surface area (Å²) in [6, 6.07) is 3.23. The molecule has 1 heterocycles. The second-order valence-electron chi connectivity index (χ2n) is 5.62. The fraction of sp³-hybridized carbons (Fsp3) is 0.533. The lowest BCUT2D eigenvalue weighted by Crippen LogP contribution is -2.34. The monoisotopic (exact) mass is 293 g/mol. The number of pyridine rings is 1. The largest absolute Gasteiger partial charge is 0.481 e. The molecule has 0 saturated heterocycles. The zero-order valence-electron chi connectivity index (χ0n) is 12.7. The van der Waals surface area contributed by atoms with Crippen LogP contribution in [0, 0.1) is 18.8 Å². The highest BCUT2D eigenvalue weighted by molar-refractivity contribution is 5.89. The van der Waals surface area contributed by atoms with Crippen molar-refractivity contribution in [2.75, 3.05) is 11.9 Å². The number of nitrogens with one attached hydrogen (secondary N) is 2. The van der Waals surface area contributed by atoms with Gasteiger partial charge in [-0.25, -0.2) is 4.79 Å². The number of hydrogen-bond donors (Lipinski definition) is 3. The van der Waals surface area contributed by atoms with Crippen molar-refractivity contribution in [3.8, 4) is 0 Å². The highest BCUT2D eigenvalue weighted by Gasteiger charge is 2.16. The minimum atomic E-state index is -0.842. The Morgan fingerprint density at radius 3 is 2.57 bits per heavy atom. The number of carboxylic acids is 1. The summed E-state index contributed by atoms with van der Waals surface area (Å²) in [6.45, 7) is 6.28. The van der Waals surface area contributed by atoms with Crippen LogP contribution in [0.25, 0.3) is 0 Å². The molecule has 1 aromatic heterocycles. The molecule has 0 unspecified atom stereocenters. The number of amides is 2. The number of carbonyl (C=O) groups is 2. The van der Waals surface area contributed by atoms with Gasteiger partial charge >= 0.3 is 12.0 Å². The lowest BCUT2D eigenvalue weighted by molar-refractivity contribution is -0.138. The Morgan fingerprint density at radius 2 is 2.05 bits per heavy atom. The second kappa shape index (κ2) is 8.24. The molecule has 0 aromatic carbocycles. The van der Waals surface area contributed by atoms with E-state index in [-0.39, 0.29) is 18.4 Å². The van der Waals surface area contributed by atoms with Crippen LogP contribution in [-0.2, 0) is 4.79 Å². The van der Waals surface area contributed by atoms with Crippen LogP contribution < -0.4 is 10.6 Å². The third-order valence-corrected chi connectivity index (χ3v) is 2.99. The van der Waals surface area contributed by atoms with Crippen molar-refractivity contribution >= 4 is 17.7 Å². The Hall–Kier alpha value is -2.11. The molecule has 1 atom stereocenters. The van der Waals surface area contributed by atoms with Crippen LogP contribution in [0.2, 0.25) is 0 Å². The topological polar surface area (TPSA) is 91.3 Å². The van der Waals surface area contributed by atoms with Gasteiger partial charge in [0.05, 0.1) is 11.9 Å². The molecule has 116 valence electrons. The fourth-order valence-electron chi connectivity index (χ4n) is 2.11. The summed E-state index contributed by atoms with van der Waals surface area (Å²) in [5.74, 6) is -0.518. The van der Waals surface area contributed by atoms with Gasteiger partial charge in [0.2, 0.25) is 0 Å². The number of anilines is 1. The van der Waals surface area contributed by atoms with Crippen LogP contribution in [-0.4, -0.2) is 28.6 Å². The maximum atomic E-state index is 11.8. The van der Waals surface area contributed by atoms with E-state index >= 15 is 0 Å². The van der Waals surface area contributed by atoms with Gasteiger partial charge in [0, 0.05) is 18.7 Å². The van der Waals surface area contributed by atoms with Crippen LogP contribution in [0.4, 0.5) is 10.5 Å². The zero-order chi connectivity index (χ0) is 15.8. The maximum Gasteiger partial charge on any atom is 0.319 e. The van der Waals surface area contributed by atoms with Gasteiger partial charge in [-0.05, 0) is 37.3 Å². The Kier molecular flexibility index (Phi) is 6.65. The van der Waals surface area contributed by atoms with Crippen molar-refractivity contribution in [1.29, 1.82) is 0 Å². The number of aliphatic carboxylic acids is 1. The highest BCUT2D eigenvalue weighted by Crippen LogP contribution is 2.14. The summed E-state index contributed by atoms with van der Waals surface area (Å²) in [6.07, 6.45) is 2.40. The molecule has 0 saturated carbocycles. The minimum absolute atomic E-state index is 0.0601. The van der Waals surface area contributed by atoms with Gasteiger partial charge in [-0.2, -0.15) is 0 Å². The molecule has 1 rings (SSSR count).